The van der Waals surface area contributed by atoms with Crippen molar-refractivity contribution in [3.63, 3.8) is 0 Å². The molecule has 21 heavy (non-hydrogen) atoms. The molecular weight excluding hydrogens is 332 g/mol. The van der Waals surface area contributed by atoms with E-state index in [9.17, 15) is 4.79 Å². The summed E-state index contributed by atoms with van der Waals surface area (Å²) in [5, 5.41) is 2.96. The third kappa shape index (κ3) is 6.06. The van der Waals surface area contributed by atoms with Crippen LogP contribution in [0, 0.1) is 0 Å². The molecule has 1 aromatic carbocycles. The number of rotatable bonds is 8. The maximum Gasteiger partial charge on any atom is 0.260 e. The van der Waals surface area contributed by atoms with Gasteiger partial charge in [0.05, 0.1) is 4.47 Å². The molecule has 2 unspecified atom stereocenters. The summed E-state index contributed by atoms with van der Waals surface area (Å²) in [5.41, 5.74) is 6.68. The summed E-state index contributed by atoms with van der Waals surface area (Å²) in [6, 6.07) is 5.99. The number of nitrogens with one attached hydrogen (secondary N) is 1. The number of hydrogen-bond donors (Lipinski definition) is 2. The van der Waals surface area contributed by atoms with Gasteiger partial charge in [-0.05, 0) is 66.9 Å². The first-order valence-corrected chi connectivity index (χ1v) is 8.22. The molecule has 0 aliphatic rings. The Hall–Kier alpha value is -1.07. The van der Waals surface area contributed by atoms with E-state index in [0.717, 1.165) is 29.3 Å². The van der Waals surface area contributed by atoms with E-state index in [1.54, 1.807) is 6.92 Å². The van der Waals surface area contributed by atoms with E-state index in [2.05, 4.69) is 28.2 Å². The highest BCUT2D eigenvalue weighted by Crippen LogP contribution is 2.27. The maximum absolute atomic E-state index is 12.0. The molecule has 0 aliphatic heterocycles. The van der Waals surface area contributed by atoms with E-state index < -0.39 is 6.10 Å². The molecular formula is C16H25BrN2O2. The Morgan fingerprint density at radius 1 is 1.43 bits per heavy atom. The average molecular weight is 357 g/mol. The Morgan fingerprint density at radius 2 is 2.14 bits per heavy atom. The second-order valence-electron chi connectivity index (χ2n) is 5.26. The smallest absolute Gasteiger partial charge is 0.260 e. The number of carbonyl (C=O) groups is 1. The highest BCUT2D eigenvalue weighted by molar-refractivity contribution is 9.10. The number of carbonyl (C=O) groups excluding carboxylic acids is 1. The normalized spacial score (nSPS) is 13.6. The Kier molecular flexibility index (Phi) is 7.75. The second kappa shape index (κ2) is 9.05. The molecule has 4 nitrogen and oxygen atoms in total. The lowest BCUT2D eigenvalue weighted by molar-refractivity contribution is -0.127. The first-order chi connectivity index (χ1) is 9.97. The quantitative estimate of drug-likeness (QED) is 0.752. The molecule has 1 aromatic rings. The molecule has 0 spiro atoms. The predicted octanol–water partition coefficient (Wildman–Crippen LogP) is 3.02. The zero-order chi connectivity index (χ0) is 15.8. The molecule has 0 bridgehead atoms. The van der Waals surface area contributed by atoms with Crippen LogP contribution in [0.1, 0.15) is 39.2 Å². The summed E-state index contributed by atoms with van der Waals surface area (Å²) in [4.78, 5) is 12.0. The van der Waals surface area contributed by atoms with Crippen LogP contribution >= 0.6 is 15.9 Å². The molecule has 3 N–H and O–H groups in total. The SMILES string of the molecule is CCCC(C)NC(=O)C(C)Oc1ccc(CCN)cc1Br. The summed E-state index contributed by atoms with van der Waals surface area (Å²) < 4.78 is 6.57. The molecule has 0 saturated heterocycles. The van der Waals surface area contributed by atoms with Gasteiger partial charge in [0.2, 0.25) is 0 Å². The molecule has 1 rings (SSSR count). The summed E-state index contributed by atoms with van der Waals surface area (Å²) in [7, 11) is 0. The number of hydrogen-bond acceptors (Lipinski definition) is 3. The zero-order valence-electron chi connectivity index (χ0n) is 13.0. The molecule has 0 aliphatic carbocycles. The van der Waals surface area contributed by atoms with Gasteiger partial charge in [-0.15, -0.1) is 0 Å². The van der Waals surface area contributed by atoms with E-state index >= 15 is 0 Å². The fourth-order valence-electron chi connectivity index (χ4n) is 2.07. The predicted molar refractivity (Wildman–Crippen MR) is 89.5 cm³/mol. The number of nitrogens with two attached hydrogens (primary N) is 1. The van der Waals surface area contributed by atoms with Gasteiger partial charge < -0.3 is 15.8 Å². The van der Waals surface area contributed by atoms with Crippen LogP contribution in [0.4, 0.5) is 0 Å². The number of benzene rings is 1. The Bertz CT molecular complexity index is 466. The van der Waals surface area contributed by atoms with Crippen LogP contribution in [0.5, 0.6) is 5.75 Å². The van der Waals surface area contributed by atoms with Crippen LogP contribution in [0.15, 0.2) is 22.7 Å². The fourth-order valence-corrected chi connectivity index (χ4v) is 2.59. The standard InChI is InChI=1S/C16H25BrN2O2/c1-4-5-11(2)19-16(20)12(3)21-15-7-6-13(8-9-18)10-14(15)17/h6-7,10-12H,4-5,8-9,18H2,1-3H3,(H,19,20). The van der Waals surface area contributed by atoms with Crippen molar-refractivity contribution in [2.24, 2.45) is 5.73 Å². The van der Waals surface area contributed by atoms with Gasteiger partial charge in [0.25, 0.3) is 5.91 Å². The minimum Gasteiger partial charge on any atom is -0.480 e. The largest absolute Gasteiger partial charge is 0.480 e. The van der Waals surface area contributed by atoms with Gasteiger partial charge in [-0.2, -0.15) is 0 Å². The fraction of sp³-hybridized carbons (Fsp3) is 0.562. The molecule has 118 valence electrons. The van der Waals surface area contributed by atoms with E-state index in [4.69, 9.17) is 10.5 Å². The molecule has 2 atom stereocenters. The van der Waals surface area contributed by atoms with Crippen LogP contribution in [0.25, 0.3) is 0 Å². The molecule has 0 fully saturated rings. The minimum atomic E-state index is -0.527. The molecule has 0 heterocycles. The first kappa shape index (κ1) is 18.0. The van der Waals surface area contributed by atoms with Crippen LogP contribution in [-0.2, 0) is 11.2 Å². The van der Waals surface area contributed by atoms with Gasteiger partial charge >= 0.3 is 0 Å². The van der Waals surface area contributed by atoms with Crippen LogP contribution < -0.4 is 15.8 Å². The lowest BCUT2D eigenvalue weighted by Crippen LogP contribution is -2.41. The Balaban J connectivity index is 2.61. The summed E-state index contributed by atoms with van der Waals surface area (Å²) in [6.07, 6.45) is 2.31. The Morgan fingerprint density at radius 3 is 2.71 bits per heavy atom. The van der Waals surface area contributed by atoms with Crippen molar-refractivity contribution < 1.29 is 9.53 Å². The van der Waals surface area contributed by atoms with Gasteiger partial charge in [-0.25, -0.2) is 0 Å². The third-order valence-corrected chi connectivity index (χ3v) is 3.83. The van der Waals surface area contributed by atoms with Crippen LogP contribution in [-0.4, -0.2) is 24.6 Å². The highest BCUT2D eigenvalue weighted by atomic mass is 79.9. The van der Waals surface area contributed by atoms with Gasteiger partial charge in [-0.3, -0.25) is 4.79 Å². The zero-order valence-corrected chi connectivity index (χ0v) is 14.6. The second-order valence-corrected chi connectivity index (χ2v) is 6.12. The third-order valence-electron chi connectivity index (χ3n) is 3.21. The van der Waals surface area contributed by atoms with Crippen molar-refractivity contribution in [3.05, 3.63) is 28.2 Å². The molecule has 1 amide bonds. The lowest BCUT2D eigenvalue weighted by atomic mass is 10.1. The van der Waals surface area contributed by atoms with Crippen LogP contribution in [0.3, 0.4) is 0 Å². The highest BCUT2D eigenvalue weighted by Gasteiger charge is 2.17. The minimum absolute atomic E-state index is 0.0890. The number of amides is 1. The monoisotopic (exact) mass is 356 g/mol. The van der Waals surface area contributed by atoms with Gasteiger partial charge in [-0.1, -0.05) is 19.4 Å². The number of halogens is 1. The van der Waals surface area contributed by atoms with Gasteiger partial charge in [0.1, 0.15) is 5.75 Å². The summed E-state index contributed by atoms with van der Waals surface area (Å²) >= 11 is 3.47. The maximum atomic E-state index is 12.0. The molecule has 5 heteroatoms. The van der Waals surface area contributed by atoms with Crippen molar-refractivity contribution in [3.8, 4) is 5.75 Å². The molecule has 0 aromatic heterocycles. The summed E-state index contributed by atoms with van der Waals surface area (Å²) in [5.74, 6) is 0.579. The van der Waals surface area contributed by atoms with Crippen LogP contribution in [0.2, 0.25) is 0 Å². The average Bonchev–Trinajstić information content (AvgIpc) is 2.42. The van der Waals surface area contributed by atoms with Crippen molar-refractivity contribution in [1.29, 1.82) is 0 Å². The molecule has 0 radical (unpaired) electrons. The summed E-state index contributed by atoms with van der Waals surface area (Å²) in [6.45, 7) is 6.48. The lowest BCUT2D eigenvalue weighted by Gasteiger charge is -2.19. The van der Waals surface area contributed by atoms with Crippen molar-refractivity contribution in [2.75, 3.05) is 6.54 Å². The number of ether oxygens (including phenoxy) is 1. The van der Waals surface area contributed by atoms with Gasteiger partial charge in [0.15, 0.2) is 6.10 Å². The van der Waals surface area contributed by atoms with E-state index in [1.165, 1.54) is 0 Å². The first-order valence-electron chi connectivity index (χ1n) is 7.43. The van der Waals surface area contributed by atoms with Gasteiger partial charge in [0, 0.05) is 6.04 Å². The van der Waals surface area contributed by atoms with E-state index in [0.29, 0.717) is 12.3 Å². The van der Waals surface area contributed by atoms with Crippen molar-refractivity contribution in [1.82, 2.24) is 5.32 Å². The topological polar surface area (TPSA) is 64.3 Å². The van der Waals surface area contributed by atoms with E-state index in [-0.39, 0.29) is 11.9 Å². The van der Waals surface area contributed by atoms with E-state index in [1.807, 2.05) is 25.1 Å². The Labute approximate surface area is 135 Å². The van der Waals surface area contributed by atoms with Crippen molar-refractivity contribution in [2.45, 2.75) is 52.2 Å². The van der Waals surface area contributed by atoms with Crippen molar-refractivity contribution >= 4 is 21.8 Å². The molecule has 0 saturated carbocycles.